The fraction of sp³-hybridized carbons (Fsp3) is 0.111. The van der Waals surface area contributed by atoms with E-state index in [1.165, 1.54) is 0 Å². The van der Waals surface area contributed by atoms with Crippen LogP contribution in [0.4, 0.5) is 5.82 Å². The van der Waals surface area contributed by atoms with Crippen LogP contribution in [0.1, 0.15) is 32.1 Å². The van der Waals surface area contributed by atoms with Gasteiger partial charge in [0.05, 0.1) is 33.2 Å². The number of nitrogen functional groups attached to an aromatic ring is 1. The van der Waals surface area contributed by atoms with E-state index >= 15 is 0 Å². The molecule has 0 saturated heterocycles. The van der Waals surface area contributed by atoms with Crippen LogP contribution >= 0.6 is 11.6 Å². The molecular weight excluding hydrogens is 370 g/mol. The summed E-state index contributed by atoms with van der Waals surface area (Å²) < 4.78 is 2.84. The van der Waals surface area contributed by atoms with Gasteiger partial charge in [0.1, 0.15) is 5.82 Å². The smallest absolute Gasteiger partial charge is 0.262 e. The number of carbonyl (C=O) groups is 2. The van der Waals surface area contributed by atoms with Gasteiger partial charge < -0.3 is 5.73 Å². The van der Waals surface area contributed by atoms with Gasteiger partial charge in [-0.2, -0.15) is 5.10 Å². The maximum absolute atomic E-state index is 12.5. The zero-order chi connectivity index (χ0) is 19.5. The number of imide groups is 1. The van der Waals surface area contributed by atoms with Gasteiger partial charge in [-0.3, -0.25) is 24.3 Å². The Balaban J connectivity index is 1.89. The molecule has 0 fully saturated rings. The Bertz CT molecular complexity index is 1210. The molecule has 0 aliphatic carbocycles. The van der Waals surface area contributed by atoms with Gasteiger partial charge in [-0.05, 0) is 38.1 Å². The van der Waals surface area contributed by atoms with Crippen LogP contribution in [0.3, 0.4) is 0 Å². The zero-order valence-electron chi connectivity index (χ0n) is 14.4. The van der Waals surface area contributed by atoms with Gasteiger partial charge in [-0.15, -0.1) is 0 Å². The Kier molecular flexibility index (Phi) is 3.67. The van der Waals surface area contributed by atoms with Gasteiger partial charge in [0, 0.05) is 11.8 Å². The summed E-state index contributed by atoms with van der Waals surface area (Å²) >= 11 is 6.42. The number of fused-ring (bicyclic) bond motifs is 1. The monoisotopic (exact) mass is 383 g/mol. The standard InChI is InChI=1S/C18H14ClN5O3/c1-8-5-9(2)24(22-8)13-4-3-10(6-12(13)19)23-14(25)7-11-15(16(23)20)18(27)21-17(11)26/h3-7H,20H2,1-2H3,(H,21,26,27). The minimum absolute atomic E-state index is 0.0154. The molecule has 3 aromatic rings. The maximum Gasteiger partial charge on any atom is 0.262 e. The van der Waals surface area contributed by atoms with E-state index in [-0.39, 0.29) is 16.9 Å². The Morgan fingerprint density at radius 1 is 1.07 bits per heavy atom. The van der Waals surface area contributed by atoms with Crippen LogP contribution in [-0.4, -0.2) is 26.2 Å². The zero-order valence-corrected chi connectivity index (χ0v) is 15.2. The first-order chi connectivity index (χ1) is 12.8. The Labute approximate surface area is 158 Å². The van der Waals surface area contributed by atoms with Crippen molar-refractivity contribution >= 4 is 29.2 Å². The molecule has 8 nitrogen and oxygen atoms in total. The molecule has 3 heterocycles. The predicted octanol–water partition coefficient (Wildman–Crippen LogP) is 1.76. The molecule has 0 unspecified atom stereocenters. The van der Waals surface area contributed by atoms with Crippen molar-refractivity contribution in [2.75, 3.05) is 5.73 Å². The van der Waals surface area contributed by atoms with Crippen molar-refractivity contribution in [2.45, 2.75) is 13.8 Å². The molecule has 1 aromatic carbocycles. The maximum atomic E-state index is 12.5. The van der Waals surface area contributed by atoms with Gasteiger partial charge in [0.25, 0.3) is 17.4 Å². The summed E-state index contributed by atoms with van der Waals surface area (Å²) in [6.07, 6.45) is 0. The van der Waals surface area contributed by atoms with E-state index in [9.17, 15) is 14.4 Å². The number of halogens is 1. The van der Waals surface area contributed by atoms with Gasteiger partial charge in [-0.1, -0.05) is 11.6 Å². The lowest BCUT2D eigenvalue weighted by Crippen LogP contribution is -2.24. The van der Waals surface area contributed by atoms with E-state index in [0.29, 0.717) is 16.4 Å². The van der Waals surface area contributed by atoms with Crippen LogP contribution in [0.15, 0.2) is 35.1 Å². The summed E-state index contributed by atoms with van der Waals surface area (Å²) in [5.74, 6) is -1.38. The van der Waals surface area contributed by atoms with Crippen molar-refractivity contribution in [3.63, 3.8) is 0 Å². The highest BCUT2D eigenvalue weighted by Crippen LogP contribution is 2.27. The number of aromatic nitrogens is 3. The lowest BCUT2D eigenvalue weighted by Gasteiger charge is -2.14. The molecule has 0 spiro atoms. The first kappa shape index (κ1) is 17.0. The number of rotatable bonds is 2. The molecule has 4 rings (SSSR count). The summed E-state index contributed by atoms with van der Waals surface area (Å²) in [6, 6.07) is 7.93. The van der Waals surface area contributed by atoms with Gasteiger partial charge in [0.2, 0.25) is 0 Å². The molecular formula is C18H14ClN5O3. The first-order valence-corrected chi connectivity index (χ1v) is 8.40. The number of hydrogen-bond acceptors (Lipinski definition) is 5. The Morgan fingerprint density at radius 2 is 1.81 bits per heavy atom. The number of aryl methyl sites for hydroxylation is 2. The summed E-state index contributed by atoms with van der Waals surface area (Å²) in [5.41, 5.74) is 8.24. The molecule has 136 valence electrons. The van der Waals surface area contributed by atoms with Crippen molar-refractivity contribution in [3.8, 4) is 11.4 Å². The number of nitrogens with one attached hydrogen (secondary N) is 1. The summed E-state index contributed by atoms with van der Waals surface area (Å²) in [5, 5.41) is 6.88. The molecule has 1 aliphatic rings. The van der Waals surface area contributed by atoms with E-state index in [1.807, 2.05) is 19.9 Å². The Hall–Kier alpha value is -3.39. The predicted molar refractivity (Wildman–Crippen MR) is 99.9 cm³/mol. The number of hydrogen-bond donors (Lipinski definition) is 2. The molecule has 1 aliphatic heterocycles. The highest BCUT2D eigenvalue weighted by Gasteiger charge is 2.31. The van der Waals surface area contributed by atoms with Crippen LogP contribution in [0.25, 0.3) is 11.4 Å². The molecule has 0 radical (unpaired) electrons. The molecule has 0 bridgehead atoms. The fourth-order valence-corrected chi connectivity index (χ4v) is 3.48. The number of benzene rings is 1. The molecule has 0 saturated carbocycles. The number of nitrogens with two attached hydrogens (primary N) is 1. The topological polar surface area (TPSA) is 112 Å². The lowest BCUT2D eigenvalue weighted by molar-refractivity contribution is 0.0880. The van der Waals surface area contributed by atoms with Crippen molar-refractivity contribution in [3.05, 3.63) is 68.2 Å². The second kappa shape index (κ2) is 5.82. The molecule has 9 heteroatoms. The largest absolute Gasteiger partial charge is 0.384 e. The molecule has 0 atom stereocenters. The van der Waals surface area contributed by atoms with Gasteiger partial charge in [0.15, 0.2) is 0 Å². The summed E-state index contributed by atoms with van der Waals surface area (Å²) in [7, 11) is 0. The van der Waals surface area contributed by atoms with Crippen LogP contribution < -0.4 is 16.6 Å². The van der Waals surface area contributed by atoms with Crippen molar-refractivity contribution in [1.29, 1.82) is 0 Å². The van der Waals surface area contributed by atoms with E-state index in [1.54, 1.807) is 22.9 Å². The third-order valence-corrected chi connectivity index (χ3v) is 4.68. The Morgan fingerprint density at radius 3 is 2.44 bits per heavy atom. The number of carbonyl (C=O) groups excluding carboxylic acids is 2. The van der Waals surface area contributed by atoms with Crippen molar-refractivity contribution in [2.24, 2.45) is 0 Å². The van der Waals surface area contributed by atoms with Crippen LogP contribution in [-0.2, 0) is 0 Å². The summed E-state index contributed by atoms with van der Waals surface area (Å²) in [4.78, 5) is 36.2. The van der Waals surface area contributed by atoms with E-state index in [2.05, 4.69) is 10.4 Å². The minimum Gasteiger partial charge on any atom is -0.384 e. The highest BCUT2D eigenvalue weighted by molar-refractivity contribution is 6.32. The van der Waals surface area contributed by atoms with Crippen LogP contribution in [0.2, 0.25) is 5.02 Å². The van der Waals surface area contributed by atoms with Crippen LogP contribution in [0, 0.1) is 13.8 Å². The normalized spacial score (nSPS) is 13.0. The number of anilines is 1. The van der Waals surface area contributed by atoms with Crippen molar-refractivity contribution in [1.82, 2.24) is 19.7 Å². The third kappa shape index (κ3) is 2.53. The first-order valence-electron chi connectivity index (χ1n) is 8.02. The van der Waals surface area contributed by atoms with Crippen molar-refractivity contribution < 1.29 is 9.59 Å². The quantitative estimate of drug-likeness (QED) is 0.655. The molecule has 2 amide bonds. The molecule has 2 aromatic heterocycles. The molecule has 3 N–H and O–H groups in total. The minimum atomic E-state index is -0.635. The van der Waals surface area contributed by atoms with E-state index in [4.69, 9.17) is 17.3 Å². The number of pyridine rings is 1. The average Bonchev–Trinajstić information content (AvgIpc) is 3.06. The second-order valence-electron chi connectivity index (χ2n) is 6.25. The second-order valence-corrected chi connectivity index (χ2v) is 6.66. The number of amides is 2. The number of nitrogens with zero attached hydrogens (tertiary/aromatic N) is 3. The highest BCUT2D eigenvalue weighted by atomic mass is 35.5. The third-order valence-electron chi connectivity index (χ3n) is 4.38. The summed E-state index contributed by atoms with van der Waals surface area (Å²) in [6.45, 7) is 3.78. The lowest BCUT2D eigenvalue weighted by atomic mass is 10.1. The van der Waals surface area contributed by atoms with Crippen LogP contribution in [0.5, 0.6) is 0 Å². The van der Waals surface area contributed by atoms with E-state index in [0.717, 1.165) is 22.0 Å². The van der Waals surface area contributed by atoms with Gasteiger partial charge >= 0.3 is 0 Å². The van der Waals surface area contributed by atoms with Gasteiger partial charge in [-0.25, -0.2) is 4.68 Å². The fourth-order valence-electron chi connectivity index (χ4n) is 3.23. The SMILES string of the molecule is Cc1cc(C)n(-c2ccc(-n3c(N)c4c(cc3=O)C(=O)NC4=O)cc2Cl)n1. The average molecular weight is 384 g/mol. The van der Waals surface area contributed by atoms with E-state index < -0.39 is 17.4 Å². The molecule has 27 heavy (non-hydrogen) atoms.